The van der Waals surface area contributed by atoms with Gasteiger partial charge < -0.3 is 4.90 Å². The Balaban J connectivity index is 2.08. The third-order valence-corrected chi connectivity index (χ3v) is 2.94. The molecule has 11 heavy (non-hydrogen) atoms. The van der Waals surface area contributed by atoms with Crippen LogP contribution in [0.5, 0.6) is 0 Å². The number of rotatable bonds is 4. The molecule has 0 bridgehead atoms. The lowest BCUT2D eigenvalue weighted by Crippen LogP contribution is -2.54. The topological polar surface area (TPSA) is 3.24 Å². The highest BCUT2D eigenvalue weighted by Gasteiger charge is 2.35. The maximum atomic E-state index is 5.60. The minimum absolute atomic E-state index is 0.617. The number of halogens is 1. The van der Waals surface area contributed by atoms with Gasteiger partial charge in [0.2, 0.25) is 0 Å². The fraction of sp³-hybridized carbons (Fsp3) is 1.00. The number of nitrogens with zero attached hydrogens (tertiary/aromatic N) is 1. The lowest BCUT2D eigenvalue weighted by molar-refractivity contribution is 0.0133. The molecule has 1 nitrogen and oxygen atoms in total. The third-order valence-electron chi connectivity index (χ3n) is 2.67. The molecular weight excluding hydrogens is 158 g/mol. The fourth-order valence-corrected chi connectivity index (χ4v) is 1.82. The van der Waals surface area contributed by atoms with E-state index in [1.807, 2.05) is 0 Å². The SMILES string of the molecule is CCC1(C)CN(CCCCl)C1. The van der Waals surface area contributed by atoms with Crippen LogP contribution in [-0.2, 0) is 0 Å². The molecule has 0 atom stereocenters. The molecule has 0 unspecified atom stereocenters. The molecule has 0 radical (unpaired) electrons. The Bertz CT molecular complexity index is 119. The Morgan fingerprint density at radius 2 is 2.09 bits per heavy atom. The number of hydrogen-bond donors (Lipinski definition) is 0. The monoisotopic (exact) mass is 175 g/mol. The maximum absolute atomic E-state index is 5.60. The number of alkyl halides is 1. The van der Waals surface area contributed by atoms with Crippen LogP contribution < -0.4 is 0 Å². The summed E-state index contributed by atoms with van der Waals surface area (Å²) in [5.41, 5.74) is 0.617. The van der Waals surface area contributed by atoms with Gasteiger partial charge in [0.1, 0.15) is 0 Å². The first-order valence-electron chi connectivity index (χ1n) is 4.48. The van der Waals surface area contributed by atoms with E-state index in [9.17, 15) is 0 Å². The van der Waals surface area contributed by atoms with E-state index in [2.05, 4.69) is 18.7 Å². The second-order valence-electron chi connectivity index (χ2n) is 3.92. The van der Waals surface area contributed by atoms with Crippen LogP contribution >= 0.6 is 11.6 Å². The summed E-state index contributed by atoms with van der Waals surface area (Å²) < 4.78 is 0. The zero-order valence-electron chi connectivity index (χ0n) is 7.57. The molecule has 0 saturated carbocycles. The Morgan fingerprint density at radius 3 is 2.55 bits per heavy atom. The van der Waals surface area contributed by atoms with Crippen LogP contribution in [0.25, 0.3) is 0 Å². The molecule has 1 fully saturated rings. The third kappa shape index (κ3) is 2.34. The summed E-state index contributed by atoms with van der Waals surface area (Å²) in [6.07, 6.45) is 2.45. The molecule has 66 valence electrons. The Hall–Kier alpha value is 0.250. The summed E-state index contributed by atoms with van der Waals surface area (Å²) in [6.45, 7) is 8.39. The lowest BCUT2D eigenvalue weighted by atomic mass is 9.79. The summed E-state index contributed by atoms with van der Waals surface area (Å²) >= 11 is 5.60. The fourth-order valence-electron chi connectivity index (χ4n) is 1.70. The van der Waals surface area contributed by atoms with E-state index in [4.69, 9.17) is 11.6 Å². The van der Waals surface area contributed by atoms with Crippen LogP contribution in [0.15, 0.2) is 0 Å². The van der Waals surface area contributed by atoms with E-state index >= 15 is 0 Å². The maximum Gasteiger partial charge on any atom is 0.0235 e. The molecule has 0 aromatic heterocycles. The predicted octanol–water partition coefficient (Wildman–Crippen LogP) is 2.35. The van der Waals surface area contributed by atoms with Crippen molar-refractivity contribution in [2.45, 2.75) is 26.7 Å². The highest BCUT2D eigenvalue weighted by Crippen LogP contribution is 2.32. The first-order chi connectivity index (χ1) is 5.20. The molecule has 1 aliphatic heterocycles. The average Bonchev–Trinajstić information content (AvgIpc) is 1.96. The average molecular weight is 176 g/mol. The van der Waals surface area contributed by atoms with Crippen LogP contribution in [-0.4, -0.2) is 30.4 Å². The number of likely N-dealkylation sites (tertiary alicyclic amines) is 1. The van der Waals surface area contributed by atoms with Gasteiger partial charge >= 0.3 is 0 Å². The van der Waals surface area contributed by atoms with Crippen LogP contribution in [0.3, 0.4) is 0 Å². The van der Waals surface area contributed by atoms with Gasteiger partial charge in [0.25, 0.3) is 0 Å². The Labute approximate surface area is 74.7 Å². The summed E-state index contributed by atoms with van der Waals surface area (Å²) in [5, 5.41) is 0. The van der Waals surface area contributed by atoms with E-state index in [1.54, 1.807) is 0 Å². The minimum Gasteiger partial charge on any atom is -0.302 e. The summed E-state index contributed by atoms with van der Waals surface area (Å²) in [7, 11) is 0. The van der Waals surface area contributed by atoms with Gasteiger partial charge in [-0.25, -0.2) is 0 Å². The van der Waals surface area contributed by atoms with E-state index in [1.165, 1.54) is 26.1 Å². The summed E-state index contributed by atoms with van der Waals surface area (Å²) in [5.74, 6) is 0.805. The molecule has 0 amide bonds. The van der Waals surface area contributed by atoms with Crippen molar-refractivity contribution in [3.05, 3.63) is 0 Å². The molecule has 0 aromatic carbocycles. The van der Waals surface area contributed by atoms with Crippen molar-refractivity contribution >= 4 is 11.6 Å². The van der Waals surface area contributed by atoms with E-state index < -0.39 is 0 Å². The number of hydrogen-bond acceptors (Lipinski definition) is 1. The highest BCUT2D eigenvalue weighted by molar-refractivity contribution is 6.17. The molecular formula is C9H18ClN. The zero-order valence-corrected chi connectivity index (χ0v) is 8.32. The smallest absolute Gasteiger partial charge is 0.0235 e. The molecule has 1 saturated heterocycles. The van der Waals surface area contributed by atoms with Gasteiger partial charge in [-0.15, -0.1) is 11.6 Å². The molecule has 2 heteroatoms. The van der Waals surface area contributed by atoms with Gasteiger partial charge in [-0.05, 0) is 24.8 Å². The first kappa shape index (κ1) is 9.34. The molecule has 0 aromatic rings. The molecule has 0 aliphatic carbocycles. The zero-order chi connectivity index (χ0) is 8.32. The van der Waals surface area contributed by atoms with E-state index in [-0.39, 0.29) is 0 Å². The van der Waals surface area contributed by atoms with Gasteiger partial charge in [0.05, 0.1) is 0 Å². The quantitative estimate of drug-likeness (QED) is 0.593. The first-order valence-corrected chi connectivity index (χ1v) is 5.02. The van der Waals surface area contributed by atoms with Crippen molar-refractivity contribution in [3.8, 4) is 0 Å². The predicted molar refractivity (Wildman–Crippen MR) is 50.2 cm³/mol. The molecule has 0 spiro atoms. The van der Waals surface area contributed by atoms with E-state index in [0.717, 1.165) is 12.3 Å². The summed E-state index contributed by atoms with van der Waals surface area (Å²) in [4.78, 5) is 2.49. The lowest BCUT2D eigenvalue weighted by Gasteiger charge is -2.48. The normalized spacial score (nSPS) is 23.2. The summed E-state index contributed by atoms with van der Waals surface area (Å²) in [6, 6.07) is 0. The standard InChI is InChI=1S/C9H18ClN/c1-3-9(2)7-11(8-9)6-4-5-10/h3-8H2,1-2H3. The van der Waals surface area contributed by atoms with Crippen molar-refractivity contribution in [2.24, 2.45) is 5.41 Å². The van der Waals surface area contributed by atoms with Gasteiger partial charge in [-0.2, -0.15) is 0 Å². The Kier molecular flexibility index (Phi) is 3.20. The van der Waals surface area contributed by atoms with Crippen LogP contribution in [0.2, 0.25) is 0 Å². The second-order valence-corrected chi connectivity index (χ2v) is 4.30. The van der Waals surface area contributed by atoms with Crippen LogP contribution in [0, 0.1) is 5.41 Å². The van der Waals surface area contributed by atoms with Gasteiger partial charge in [0.15, 0.2) is 0 Å². The van der Waals surface area contributed by atoms with Crippen molar-refractivity contribution in [3.63, 3.8) is 0 Å². The van der Waals surface area contributed by atoms with E-state index in [0.29, 0.717) is 5.41 Å². The van der Waals surface area contributed by atoms with Crippen molar-refractivity contribution in [1.82, 2.24) is 4.90 Å². The molecule has 1 heterocycles. The van der Waals surface area contributed by atoms with Crippen molar-refractivity contribution in [2.75, 3.05) is 25.5 Å². The minimum atomic E-state index is 0.617. The Morgan fingerprint density at radius 1 is 1.45 bits per heavy atom. The van der Waals surface area contributed by atoms with Crippen LogP contribution in [0.4, 0.5) is 0 Å². The van der Waals surface area contributed by atoms with Crippen molar-refractivity contribution < 1.29 is 0 Å². The van der Waals surface area contributed by atoms with Gasteiger partial charge in [-0.1, -0.05) is 13.8 Å². The van der Waals surface area contributed by atoms with Crippen molar-refractivity contribution in [1.29, 1.82) is 0 Å². The van der Waals surface area contributed by atoms with Crippen LogP contribution in [0.1, 0.15) is 26.7 Å². The highest BCUT2D eigenvalue weighted by atomic mass is 35.5. The molecule has 1 aliphatic rings. The second kappa shape index (κ2) is 3.77. The molecule has 0 N–H and O–H groups in total. The molecule has 1 rings (SSSR count). The van der Waals surface area contributed by atoms with Gasteiger partial charge in [-0.3, -0.25) is 0 Å². The van der Waals surface area contributed by atoms with Gasteiger partial charge in [0, 0.05) is 19.0 Å². The largest absolute Gasteiger partial charge is 0.302 e.